The monoisotopic (exact) mass is 255 g/mol. The van der Waals surface area contributed by atoms with E-state index in [2.05, 4.69) is 5.48 Å². The van der Waals surface area contributed by atoms with Gasteiger partial charge < -0.3 is 9.74 Å². The van der Waals surface area contributed by atoms with Gasteiger partial charge in [-0.25, -0.2) is 0 Å². The SMILES string of the molecule is CCNO/C(C#N)=C1\SC(CC)C(=O)N1CC. The third-order valence-electron chi connectivity index (χ3n) is 2.34. The Labute approximate surface area is 106 Å². The van der Waals surface area contributed by atoms with Crippen LogP contribution in [0.3, 0.4) is 0 Å². The molecule has 0 aliphatic carbocycles. The molecule has 0 saturated carbocycles. The number of nitrogens with zero attached hydrogens (tertiary/aromatic N) is 2. The predicted octanol–water partition coefficient (Wildman–Crippen LogP) is 1.59. The average molecular weight is 255 g/mol. The van der Waals surface area contributed by atoms with Crippen LogP contribution in [0.1, 0.15) is 27.2 Å². The first-order valence-corrected chi connectivity index (χ1v) is 6.59. The molecule has 5 nitrogen and oxygen atoms in total. The van der Waals surface area contributed by atoms with E-state index in [1.54, 1.807) is 4.90 Å². The van der Waals surface area contributed by atoms with Crippen molar-refractivity contribution < 1.29 is 9.63 Å². The Bertz CT molecular complexity index is 362. The fourth-order valence-corrected chi connectivity index (χ4v) is 2.72. The first-order chi connectivity index (χ1) is 8.19. The summed E-state index contributed by atoms with van der Waals surface area (Å²) in [5, 5.41) is 9.57. The van der Waals surface area contributed by atoms with Crippen LogP contribution in [-0.2, 0) is 9.63 Å². The topological polar surface area (TPSA) is 65.4 Å². The number of rotatable bonds is 5. The lowest BCUT2D eigenvalue weighted by molar-refractivity contribution is -0.127. The normalized spacial score (nSPS) is 22.6. The molecule has 1 amide bonds. The highest BCUT2D eigenvalue weighted by atomic mass is 32.2. The highest BCUT2D eigenvalue weighted by Gasteiger charge is 2.37. The van der Waals surface area contributed by atoms with Crippen molar-refractivity contribution in [1.29, 1.82) is 5.26 Å². The van der Waals surface area contributed by atoms with E-state index in [-0.39, 0.29) is 16.9 Å². The fourth-order valence-electron chi connectivity index (χ4n) is 1.51. The molecular formula is C11H17N3O2S. The number of amides is 1. The maximum Gasteiger partial charge on any atom is 0.253 e. The van der Waals surface area contributed by atoms with E-state index < -0.39 is 0 Å². The van der Waals surface area contributed by atoms with Gasteiger partial charge in [-0.15, -0.1) is 0 Å². The fraction of sp³-hybridized carbons (Fsp3) is 0.636. The van der Waals surface area contributed by atoms with Gasteiger partial charge in [-0.1, -0.05) is 18.7 Å². The van der Waals surface area contributed by atoms with Crippen LogP contribution in [0.25, 0.3) is 0 Å². The molecule has 0 bridgehead atoms. The van der Waals surface area contributed by atoms with Crippen LogP contribution in [0.4, 0.5) is 0 Å². The Hall–Kier alpha value is -1.19. The molecule has 17 heavy (non-hydrogen) atoms. The van der Waals surface area contributed by atoms with Crippen molar-refractivity contribution in [2.45, 2.75) is 32.4 Å². The number of thioether (sulfide) groups is 1. The van der Waals surface area contributed by atoms with Crippen LogP contribution in [-0.4, -0.2) is 29.1 Å². The molecule has 1 heterocycles. The van der Waals surface area contributed by atoms with Gasteiger partial charge in [-0.05, 0) is 20.3 Å². The summed E-state index contributed by atoms with van der Waals surface area (Å²) in [4.78, 5) is 18.7. The van der Waals surface area contributed by atoms with Crippen molar-refractivity contribution in [1.82, 2.24) is 10.4 Å². The van der Waals surface area contributed by atoms with Crippen molar-refractivity contribution in [3.63, 3.8) is 0 Å². The minimum Gasteiger partial charge on any atom is -0.395 e. The van der Waals surface area contributed by atoms with E-state index >= 15 is 0 Å². The number of allylic oxidation sites excluding steroid dienone is 1. The van der Waals surface area contributed by atoms with Crippen LogP contribution in [0.15, 0.2) is 10.8 Å². The standard InChI is InChI=1S/C11H17N3O2S/c1-4-9-10(15)14(6-3)11(17-9)8(7-12)16-13-5-2/h9,13H,4-6H2,1-3H3/b11-8-. The van der Waals surface area contributed by atoms with Crippen molar-refractivity contribution in [2.75, 3.05) is 13.1 Å². The lowest BCUT2D eigenvalue weighted by Crippen LogP contribution is -2.29. The smallest absolute Gasteiger partial charge is 0.253 e. The van der Waals surface area contributed by atoms with Gasteiger partial charge in [-0.2, -0.15) is 10.7 Å². The summed E-state index contributed by atoms with van der Waals surface area (Å²) in [6.07, 6.45) is 0.753. The summed E-state index contributed by atoms with van der Waals surface area (Å²) in [5.41, 5.74) is 2.64. The molecule has 1 saturated heterocycles. The van der Waals surface area contributed by atoms with Gasteiger partial charge in [0.1, 0.15) is 11.1 Å². The molecule has 0 radical (unpaired) electrons. The molecule has 0 aromatic heterocycles. The lowest BCUT2D eigenvalue weighted by Gasteiger charge is -2.15. The summed E-state index contributed by atoms with van der Waals surface area (Å²) in [6, 6.07) is 1.99. The summed E-state index contributed by atoms with van der Waals surface area (Å²) in [6.45, 7) is 6.88. The number of nitrogens with one attached hydrogen (secondary N) is 1. The second kappa shape index (κ2) is 6.52. The third kappa shape index (κ3) is 2.93. The van der Waals surface area contributed by atoms with Crippen molar-refractivity contribution in [3.8, 4) is 6.07 Å². The molecule has 0 spiro atoms. The molecule has 1 unspecified atom stereocenters. The molecule has 1 rings (SSSR count). The van der Waals surface area contributed by atoms with E-state index in [4.69, 9.17) is 10.1 Å². The number of hydrogen-bond donors (Lipinski definition) is 1. The first-order valence-electron chi connectivity index (χ1n) is 5.71. The van der Waals surface area contributed by atoms with Crippen LogP contribution in [0, 0.1) is 11.3 Å². The first kappa shape index (κ1) is 13.9. The maximum atomic E-state index is 12.0. The second-order valence-electron chi connectivity index (χ2n) is 3.44. The van der Waals surface area contributed by atoms with Gasteiger partial charge in [0, 0.05) is 13.1 Å². The van der Waals surface area contributed by atoms with Gasteiger partial charge in [0.15, 0.2) is 0 Å². The number of hydroxylamine groups is 1. The van der Waals surface area contributed by atoms with E-state index in [9.17, 15) is 4.79 Å². The van der Waals surface area contributed by atoms with Crippen LogP contribution in [0.2, 0.25) is 0 Å². The van der Waals surface area contributed by atoms with Gasteiger partial charge in [-0.3, -0.25) is 4.79 Å². The zero-order chi connectivity index (χ0) is 12.8. The minimum atomic E-state index is -0.0986. The summed E-state index contributed by atoms with van der Waals surface area (Å²) >= 11 is 1.40. The minimum absolute atomic E-state index is 0.0582. The predicted molar refractivity (Wildman–Crippen MR) is 66.5 cm³/mol. The molecule has 6 heteroatoms. The molecule has 1 aliphatic rings. The quantitative estimate of drug-likeness (QED) is 0.459. The number of nitriles is 1. The second-order valence-corrected chi connectivity index (χ2v) is 4.63. The highest BCUT2D eigenvalue weighted by molar-refractivity contribution is 8.04. The Balaban J connectivity index is 2.97. The van der Waals surface area contributed by atoms with E-state index in [1.807, 2.05) is 26.8 Å². The molecule has 0 aromatic carbocycles. The number of carbonyl (C=O) groups is 1. The largest absolute Gasteiger partial charge is 0.395 e. The Morgan fingerprint density at radius 2 is 2.29 bits per heavy atom. The van der Waals surface area contributed by atoms with Crippen LogP contribution < -0.4 is 5.48 Å². The lowest BCUT2D eigenvalue weighted by atomic mass is 10.3. The molecule has 1 aliphatic heterocycles. The van der Waals surface area contributed by atoms with Gasteiger partial charge in [0.05, 0.1) is 5.25 Å². The maximum absolute atomic E-state index is 12.0. The molecular weight excluding hydrogens is 238 g/mol. The van der Waals surface area contributed by atoms with Crippen molar-refractivity contribution in [3.05, 3.63) is 10.8 Å². The summed E-state index contributed by atoms with van der Waals surface area (Å²) in [5.74, 6) is 0.228. The molecule has 1 fully saturated rings. The average Bonchev–Trinajstić information content (AvgIpc) is 2.67. The van der Waals surface area contributed by atoms with E-state index in [1.165, 1.54) is 11.8 Å². The third-order valence-corrected chi connectivity index (χ3v) is 3.79. The summed E-state index contributed by atoms with van der Waals surface area (Å²) < 4.78 is 0. The molecule has 94 valence electrons. The van der Waals surface area contributed by atoms with Crippen molar-refractivity contribution in [2.24, 2.45) is 0 Å². The van der Waals surface area contributed by atoms with Gasteiger partial charge >= 0.3 is 0 Å². The van der Waals surface area contributed by atoms with E-state index in [0.29, 0.717) is 18.1 Å². The van der Waals surface area contributed by atoms with E-state index in [0.717, 1.165) is 6.42 Å². The zero-order valence-electron chi connectivity index (χ0n) is 10.3. The van der Waals surface area contributed by atoms with Crippen molar-refractivity contribution >= 4 is 17.7 Å². The molecule has 0 aromatic rings. The Morgan fingerprint density at radius 1 is 1.59 bits per heavy atom. The zero-order valence-corrected chi connectivity index (χ0v) is 11.1. The van der Waals surface area contributed by atoms with Gasteiger partial charge in [0.25, 0.3) is 5.76 Å². The molecule has 1 atom stereocenters. The highest BCUT2D eigenvalue weighted by Crippen LogP contribution is 2.38. The number of hydrogen-bond acceptors (Lipinski definition) is 5. The number of carbonyl (C=O) groups excluding carboxylic acids is 1. The van der Waals surface area contributed by atoms with Crippen LogP contribution >= 0.6 is 11.8 Å². The molecule has 1 N–H and O–H groups in total. The van der Waals surface area contributed by atoms with Gasteiger partial charge in [0.2, 0.25) is 5.91 Å². The Kier molecular flexibility index (Phi) is 5.32. The summed E-state index contributed by atoms with van der Waals surface area (Å²) in [7, 11) is 0. The Morgan fingerprint density at radius 3 is 2.76 bits per heavy atom. The van der Waals surface area contributed by atoms with Crippen LogP contribution in [0.5, 0.6) is 0 Å².